The van der Waals surface area contributed by atoms with Crippen molar-refractivity contribution in [3.63, 3.8) is 0 Å². The highest BCUT2D eigenvalue weighted by Gasteiger charge is 2.06. The van der Waals surface area contributed by atoms with Gasteiger partial charge >= 0.3 is 0 Å². The topological polar surface area (TPSA) is 22.0 Å². The van der Waals surface area contributed by atoms with Gasteiger partial charge in [-0.15, -0.1) is 0 Å². The normalized spacial score (nSPS) is 10.5. The Balaban J connectivity index is 2.07. The summed E-state index contributed by atoms with van der Waals surface area (Å²) in [5.74, 6) is 0. The number of aromatic nitrogens is 1. The maximum absolute atomic E-state index is 12.2. The van der Waals surface area contributed by atoms with Gasteiger partial charge in [-0.2, -0.15) is 0 Å². The molecule has 1 heterocycles. The van der Waals surface area contributed by atoms with Crippen molar-refractivity contribution in [2.45, 2.75) is 13.5 Å². The van der Waals surface area contributed by atoms with E-state index in [2.05, 4.69) is 31.2 Å². The lowest BCUT2D eigenvalue weighted by Crippen LogP contribution is -2.21. The summed E-state index contributed by atoms with van der Waals surface area (Å²) < 4.78 is 1.82. The van der Waals surface area contributed by atoms with E-state index in [1.54, 1.807) is 6.07 Å². The minimum atomic E-state index is 0.0249. The van der Waals surface area contributed by atoms with Crippen LogP contribution in [0.15, 0.2) is 77.6 Å². The van der Waals surface area contributed by atoms with E-state index >= 15 is 0 Å². The molecule has 0 N–H and O–H groups in total. The molecule has 3 rings (SSSR count). The zero-order chi connectivity index (χ0) is 14.7. The van der Waals surface area contributed by atoms with E-state index in [1.807, 2.05) is 47.0 Å². The van der Waals surface area contributed by atoms with Crippen molar-refractivity contribution >= 4 is 0 Å². The van der Waals surface area contributed by atoms with Gasteiger partial charge in [0, 0.05) is 6.07 Å². The third-order valence-electron chi connectivity index (χ3n) is 3.58. The Labute approximate surface area is 124 Å². The van der Waals surface area contributed by atoms with Gasteiger partial charge in [0.1, 0.15) is 0 Å². The molecule has 2 heteroatoms. The quantitative estimate of drug-likeness (QED) is 0.711. The van der Waals surface area contributed by atoms with Crippen LogP contribution in [0.3, 0.4) is 0 Å². The predicted octanol–water partition coefficient (Wildman–Crippen LogP) is 3.87. The summed E-state index contributed by atoms with van der Waals surface area (Å²) in [7, 11) is 0. The van der Waals surface area contributed by atoms with Gasteiger partial charge in [-0.3, -0.25) is 4.79 Å². The molecule has 0 radical (unpaired) electrons. The number of pyridine rings is 1. The molecule has 3 aromatic rings. The van der Waals surface area contributed by atoms with Gasteiger partial charge in [0.15, 0.2) is 0 Å². The van der Waals surface area contributed by atoms with Crippen molar-refractivity contribution < 1.29 is 0 Å². The Bertz CT molecular complexity index is 786. The molecule has 0 fully saturated rings. The molecule has 0 amide bonds. The molecule has 1 aromatic heterocycles. The fourth-order valence-corrected chi connectivity index (χ4v) is 2.43. The predicted molar refractivity (Wildman–Crippen MR) is 86.4 cm³/mol. The van der Waals surface area contributed by atoms with Crippen LogP contribution in [-0.2, 0) is 6.54 Å². The Hall–Kier alpha value is -2.61. The van der Waals surface area contributed by atoms with Crippen LogP contribution in [0.5, 0.6) is 0 Å². The molecule has 0 aliphatic heterocycles. The maximum Gasteiger partial charge on any atom is 0.251 e. The van der Waals surface area contributed by atoms with Gasteiger partial charge in [-0.05, 0) is 24.1 Å². The first-order valence-corrected chi connectivity index (χ1v) is 7.05. The number of benzene rings is 2. The third-order valence-corrected chi connectivity index (χ3v) is 3.58. The van der Waals surface area contributed by atoms with Crippen LogP contribution in [-0.4, -0.2) is 4.57 Å². The largest absolute Gasteiger partial charge is 0.304 e. The van der Waals surface area contributed by atoms with Crippen LogP contribution in [0.4, 0.5) is 0 Å². The lowest BCUT2D eigenvalue weighted by Gasteiger charge is -2.13. The summed E-state index contributed by atoms with van der Waals surface area (Å²) in [5, 5.41) is 0. The molecule has 2 aromatic carbocycles. The molecule has 2 nitrogen and oxygen atoms in total. The minimum absolute atomic E-state index is 0.0249. The molecule has 0 bridgehead atoms. The van der Waals surface area contributed by atoms with E-state index in [-0.39, 0.29) is 5.56 Å². The van der Waals surface area contributed by atoms with E-state index in [1.165, 1.54) is 5.56 Å². The molecule has 0 aliphatic rings. The van der Waals surface area contributed by atoms with Crippen molar-refractivity contribution in [2.75, 3.05) is 0 Å². The second-order valence-corrected chi connectivity index (χ2v) is 5.19. The van der Waals surface area contributed by atoms with Gasteiger partial charge < -0.3 is 4.57 Å². The van der Waals surface area contributed by atoms with E-state index in [0.29, 0.717) is 6.54 Å². The van der Waals surface area contributed by atoms with Crippen LogP contribution in [0.2, 0.25) is 0 Å². The second-order valence-electron chi connectivity index (χ2n) is 5.19. The van der Waals surface area contributed by atoms with Gasteiger partial charge in [0.25, 0.3) is 5.56 Å². The first kappa shape index (κ1) is 13.4. The van der Waals surface area contributed by atoms with Crippen molar-refractivity contribution in [3.05, 3.63) is 94.3 Å². The number of nitrogens with zero attached hydrogens (tertiary/aromatic N) is 1. The fraction of sp³-hybridized carbons (Fsp3) is 0.105. The number of hydrogen-bond donors (Lipinski definition) is 0. The summed E-state index contributed by atoms with van der Waals surface area (Å²) in [6, 6.07) is 23.7. The molecule has 0 saturated carbocycles. The van der Waals surface area contributed by atoms with E-state index in [0.717, 1.165) is 16.8 Å². The first-order valence-electron chi connectivity index (χ1n) is 7.05. The monoisotopic (exact) mass is 275 g/mol. The lowest BCUT2D eigenvalue weighted by atomic mass is 10.1. The summed E-state index contributed by atoms with van der Waals surface area (Å²) in [6.07, 6.45) is 0. The molecule has 0 unspecified atom stereocenters. The molecular formula is C19H17NO. The molecule has 0 spiro atoms. The third kappa shape index (κ3) is 2.95. The fourth-order valence-electron chi connectivity index (χ4n) is 2.43. The summed E-state index contributed by atoms with van der Waals surface area (Å²) in [6.45, 7) is 2.65. The molecule has 0 saturated heterocycles. The van der Waals surface area contributed by atoms with Crippen LogP contribution in [0.1, 0.15) is 11.1 Å². The van der Waals surface area contributed by atoms with Crippen molar-refractivity contribution in [1.29, 1.82) is 0 Å². The lowest BCUT2D eigenvalue weighted by molar-refractivity contribution is 0.768. The molecule has 0 atom stereocenters. The minimum Gasteiger partial charge on any atom is -0.304 e. The average Bonchev–Trinajstić information content (AvgIpc) is 2.51. The molecule has 0 aliphatic carbocycles. The first-order chi connectivity index (χ1) is 10.2. The molecular weight excluding hydrogens is 258 g/mol. The molecule has 104 valence electrons. The highest BCUT2D eigenvalue weighted by atomic mass is 16.1. The SMILES string of the molecule is Cc1ccc(-c2cccc(=O)n2Cc2ccccc2)cc1. The van der Waals surface area contributed by atoms with E-state index in [4.69, 9.17) is 0 Å². The van der Waals surface area contributed by atoms with Crippen LogP contribution >= 0.6 is 0 Å². The Morgan fingerprint density at radius 1 is 0.810 bits per heavy atom. The second kappa shape index (κ2) is 5.80. The standard InChI is InChI=1S/C19H17NO/c1-15-10-12-17(13-11-15)18-8-5-9-19(21)20(18)14-16-6-3-2-4-7-16/h2-13H,14H2,1H3. The summed E-state index contributed by atoms with van der Waals surface area (Å²) in [4.78, 5) is 12.2. The smallest absolute Gasteiger partial charge is 0.251 e. The van der Waals surface area contributed by atoms with Crippen LogP contribution < -0.4 is 5.56 Å². The van der Waals surface area contributed by atoms with Gasteiger partial charge in [-0.1, -0.05) is 66.2 Å². The molecule has 21 heavy (non-hydrogen) atoms. The van der Waals surface area contributed by atoms with E-state index < -0.39 is 0 Å². The van der Waals surface area contributed by atoms with Gasteiger partial charge in [0.05, 0.1) is 12.2 Å². The zero-order valence-corrected chi connectivity index (χ0v) is 12.0. The number of hydrogen-bond acceptors (Lipinski definition) is 1. The highest BCUT2D eigenvalue weighted by molar-refractivity contribution is 5.60. The Kier molecular flexibility index (Phi) is 3.69. The number of rotatable bonds is 3. The van der Waals surface area contributed by atoms with Crippen LogP contribution in [0.25, 0.3) is 11.3 Å². The van der Waals surface area contributed by atoms with Crippen molar-refractivity contribution in [2.24, 2.45) is 0 Å². The Morgan fingerprint density at radius 3 is 2.24 bits per heavy atom. The van der Waals surface area contributed by atoms with Gasteiger partial charge in [0.2, 0.25) is 0 Å². The number of aryl methyl sites for hydroxylation is 1. The average molecular weight is 275 g/mol. The summed E-state index contributed by atoms with van der Waals surface area (Å²) in [5.41, 5.74) is 4.38. The van der Waals surface area contributed by atoms with Crippen molar-refractivity contribution in [3.8, 4) is 11.3 Å². The summed E-state index contributed by atoms with van der Waals surface area (Å²) >= 11 is 0. The van der Waals surface area contributed by atoms with E-state index in [9.17, 15) is 4.79 Å². The van der Waals surface area contributed by atoms with Crippen LogP contribution in [0, 0.1) is 6.92 Å². The highest BCUT2D eigenvalue weighted by Crippen LogP contribution is 2.19. The van der Waals surface area contributed by atoms with Crippen molar-refractivity contribution in [1.82, 2.24) is 4.57 Å². The Morgan fingerprint density at radius 2 is 1.52 bits per heavy atom. The van der Waals surface area contributed by atoms with Gasteiger partial charge in [-0.25, -0.2) is 0 Å². The zero-order valence-electron chi connectivity index (χ0n) is 12.0. The maximum atomic E-state index is 12.2.